The number of H-pyrrole nitrogens is 2. The van der Waals surface area contributed by atoms with Gasteiger partial charge in [0, 0.05) is 6.04 Å². The van der Waals surface area contributed by atoms with Crippen molar-refractivity contribution in [3.05, 3.63) is 38.7 Å². The molecular formula is C17H23N9O2. The lowest BCUT2D eigenvalue weighted by molar-refractivity contribution is 0.526. The number of imidazole rings is 1. The first kappa shape index (κ1) is 19.4. The minimum absolute atomic E-state index is 0.147. The van der Waals surface area contributed by atoms with E-state index < -0.39 is 0 Å². The second-order valence-corrected chi connectivity index (χ2v) is 7.02. The van der Waals surface area contributed by atoms with Crippen molar-refractivity contribution in [2.75, 3.05) is 0 Å². The maximum atomic E-state index is 11.5. The SMILES string of the molecule is Cc1nc2c(ncn2C(C)C)c(=O)[nH]1.Cc1nc2c(nnn2C(C)C)c(=O)[nH]1. The monoisotopic (exact) mass is 385 g/mol. The average molecular weight is 385 g/mol. The largest absolute Gasteiger partial charge is 0.313 e. The van der Waals surface area contributed by atoms with E-state index in [9.17, 15) is 9.59 Å². The smallest absolute Gasteiger partial charge is 0.281 e. The van der Waals surface area contributed by atoms with E-state index in [-0.39, 0.29) is 23.2 Å². The van der Waals surface area contributed by atoms with Gasteiger partial charge in [0.1, 0.15) is 11.6 Å². The van der Waals surface area contributed by atoms with Gasteiger partial charge >= 0.3 is 0 Å². The summed E-state index contributed by atoms with van der Waals surface area (Å²) in [6.45, 7) is 11.5. The van der Waals surface area contributed by atoms with Crippen molar-refractivity contribution in [1.29, 1.82) is 0 Å². The molecule has 4 aromatic rings. The van der Waals surface area contributed by atoms with Gasteiger partial charge in [-0.1, -0.05) is 5.21 Å². The molecule has 0 saturated heterocycles. The molecule has 2 N–H and O–H groups in total. The Hall–Kier alpha value is -3.37. The van der Waals surface area contributed by atoms with Crippen molar-refractivity contribution in [1.82, 2.24) is 44.5 Å². The van der Waals surface area contributed by atoms with Gasteiger partial charge in [0.2, 0.25) is 0 Å². The Balaban J connectivity index is 0.000000161. The van der Waals surface area contributed by atoms with Crippen LogP contribution in [-0.2, 0) is 0 Å². The van der Waals surface area contributed by atoms with E-state index in [1.165, 1.54) is 0 Å². The summed E-state index contributed by atoms with van der Waals surface area (Å²) >= 11 is 0. The number of rotatable bonds is 2. The molecule has 4 heterocycles. The van der Waals surface area contributed by atoms with Gasteiger partial charge in [0.05, 0.1) is 12.4 Å². The fourth-order valence-corrected chi connectivity index (χ4v) is 2.71. The summed E-state index contributed by atoms with van der Waals surface area (Å²) < 4.78 is 3.52. The summed E-state index contributed by atoms with van der Waals surface area (Å²) in [7, 11) is 0. The van der Waals surface area contributed by atoms with Crippen molar-refractivity contribution in [2.45, 2.75) is 53.6 Å². The number of aromatic nitrogens is 9. The van der Waals surface area contributed by atoms with Gasteiger partial charge < -0.3 is 14.5 Å². The molecular weight excluding hydrogens is 362 g/mol. The Labute approximate surface area is 159 Å². The van der Waals surface area contributed by atoms with Crippen LogP contribution in [0, 0.1) is 13.8 Å². The third kappa shape index (κ3) is 3.55. The molecule has 0 aliphatic carbocycles. The first-order chi connectivity index (χ1) is 13.2. The fourth-order valence-electron chi connectivity index (χ4n) is 2.71. The summed E-state index contributed by atoms with van der Waals surface area (Å²) in [5, 5.41) is 7.67. The molecule has 148 valence electrons. The van der Waals surface area contributed by atoms with Crippen molar-refractivity contribution < 1.29 is 0 Å². The van der Waals surface area contributed by atoms with Gasteiger partial charge in [0.15, 0.2) is 22.3 Å². The van der Waals surface area contributed by atoms with Crippen LogP contribution >= 0.6 is 0 Å². The minimum Gasteiger partial charge on any atom is -0.313 e. The predicted octanol–water partition coefficient (Wildman–Crippen LogP) is 1.41. The van der Waals surface area contributed by atoms with Crippen molar-refractivity contribution >= 4 is 22.3 Å². The number of hydrogen-bond acceptors (Lipinski definition) is 7. The molecule has 11 nitrogen and oxygen atoms in total. The molecule has 0 atom stereocenters. The molecule has 0 saturated carbocycles. The zero-order valence-electron chi connectivity index (χ0n) is 16.7. The van der Waals surface area contributed by atoms with E-state index in [4.69, 9.17) is 0 Å². The quantitative estimate of drug-likeness (QED) is 0.531. The zero-order chi connectivity index (χ0) is 20.6. The van der Waals surface area contributed by atoms with E-state index in [2.05, 4.69) is 35.2 Å². The Morgan fingerprint density at radius 1 is 0.857 bits per heavy atom. The molecule has 0 aliphatic rings. The van der Waals surface area contributed by atoms with E-state index in [1.54, 1.807) is 24.9 Å². The molecule has 0 aromatic carbocycles. The van der Waals surface area contributed by atoms with Crippen LogP contribution in [0.1, 0.15) is 51.4 Å². The van der Waals surface area contributed by atoms with Gasteiger partial charge in [0.25, 0.3) is 11.1 Å². The molecule has 0 amide bonds. The summed E-state index contributed by atoms with van der Waals surface area (Å²) in [4.78, 5) is 40.6. The highest BCUT2D eigenvalue weighted by Gasteiger charge is 2.12. The summed E-state index contributed by atoms with van der Waals surface area (Å²) in [5.41, 5.74) is 1.49. The molecule has 0 radical (unpaired) electrons. The maximum Gasteiger partial charge on any atom is 0.281 e. The fraction of sp³-hybridized carbons (Fsp3) is 0.471. The van der Waals surface area contributed by atoms with E-state index in [0.29, 0.717) is 34.0 Å². The number of nitrogens with one attached hydrogen (secondary N) is 2. The Morgan fingerprint density at radius 2 is 1.43 bits per heavy atom. The molecule has 0 unspecified atom stereocenters. The Kier molecular flexibility index (Phi) is 5.08. The van der Waals surface area contributed by atoms with Crippen LogP contribution < -0.4 is 11.1 Å². The van der Waals surface area contributed by atoms with Crippen LogP contribution in [0.3, 0.4) is 0 Å². The lowest BCUT2D eigenvalue weighted by Gasteiger charge is -2.06. The van der Waals surface area contributed by atoms with Crippen LogP contribution in [-0.4, -0.2) is 44.5 Å². The second-order valence-electron chi connectivity index (χ2n) is 7.02. The van der Waals surface area contributed by atoms with E-state index in [0.717, 1.165) is 0 Å². The molecule has 11 heteroatoms. The number of aryl methyl sites for hydroxylation is 2. The van der Waals surface area contributed by atoms with Gasteiger partial charge in [-0.2, -0.15) is 0 Å². The van der Waals surface area contributed by atoms with Gasteiger partial charge in [-0.05, 0) is 41.5 Å². The third-order valence-electron chi connectivity index (χ3n) is 4.05. The molecule has 0 fully saturated rings. The Morgan fingerprint density at radius 3 is 2.00 bits per heavy atom. The van der Waals surface area contributed by atoms with Crippen LogP contribution in [0.4, 0.5) is 0 Å². The highest BCUT2D eigenvalue weighted by atomic mass is 16.1. The molecule has 4 aromatic heterocycles. The average Bonchev–Trinajstić information content (AvgIpc) is 3.19. The predicted molar refractivity (Wildman–Crippen MR) is 104 cm³/mol. The van der Waals surface area contributed by atoms with Gasteiger partial charge in [-0.25, -0.2) is 19.6 Å². The van der Waals surface area contributed by atoms with Gasteiger partial charge in [-0.15, -0.1) is 5.10 Å². The molecule has 28 heavy (non-hydrogen) atoms. The summed E-state index contributed by atoms with van der Waals surface area (Å²) in [5.74, 6) is 1.19. The van der Waals surface area contributed by atoms with E-state index >= 15 is 0 Å². The summed E-state index contributed by atoms with van der Waals surface area (Å²) in [6.07, 6.45) is 1.65. The first-order valence-corrected chi connectivity index (χ1v) is 8.94. The molecule has 0 bridgehead atoms. The number of fused-ring (bicyclic) bond motifs is 2. The highest BCUT2D eigenvalue weighted by molar-refractivity contribution is 5.69. The molecule has 0 aliphatic heterocycles. The third-order valence-corrected chi connectivity index (χ3v) is 4.05. The Bertz CT molecular complexity index is 1150. The lowest BCUT2D eigenvalue weighted by Crippen LogP contribution is -2.11. The van der Waals surface area contributed by atoms with Crippen LogP contribution in [0.15, 0.2) is 15.9 Å². The highest BCUT2D eigenvalue weighted by Crippen LogP contribution is 2.12. The second kappa shape index (κ2) is 7.33. The number of nitrogens with zero attached hydrogens (tertiary/aromatic N) is 7. The van der Waals surface area contributed by atoms with Crippen LogP contribution in [0.25, 0.3) is 22.3 Å². The zero-order valence-corrected chi connectivity index (χ0v) is 16.7. The number of hydrogen-bond donors (Lipinski definition) is 2. The van der Waals surface area contributed by atoms with Crippen LogP contribution in [0.5, 0.6) is 0 Å². The first-order valence-electron chi connectivity index (χ1n) is 8.94. The normalized spacial score (nSPS) is 11.4. The van der Waals surface area contributed by atoms with E-state index in [1.807, 2.05) is 32.3 Å². The molecule has 4 rings (SSSR count). The minimum atomic E-state index is -0.237. The van der Waals surface area contributed by atoms with Crippen molar-refractivity contribution in [2.24, 2.45) is 0 Å². The number of aromatic amines is 2. The van der Waals surface area contributed by atoms with Crippen LogP contribution in [0.2, 0.25) is 0 Å². The van der Waals surface area contributed by atoms with Crippen molar-refractivity contribution in [3.63, 3.8) is 0 Å². The van der Waals surface area contributed by atoms with Crippen molar-refractivity contribution in [3.8, 4) is 0 Å². The topological polar surface area (TPSA) is 140 Å². The standard InChI is InChI=1S/C9H12N4O.C8H11N5O/c1-5(2)13-4-10-7-8(13)11-6(3)12-9(7)14;1-4(2)13-7-6(11-12-13)8(14)10-5(3)9-7/h4-5H,1-3H3,(H,11,12,14);4H,1-3H3,(H,9,10,14). The lowest BCUT2D eigenvalue weighted by atomic mass is 10.4. The summed E-state index contributed by atoms with van der Waals surface area (Å²) in [6, 6.07) is 0.405. The van der Waals surface area contributed by atoms with Gasteiger partial charge in [-0.3, -0.25) is 9.59 Å². The maximum absolute atomic E-state index is 11.5. The molecule has 0 spiro atoms.